The van der Waals surface area contributed by atoms with Gasteiger partial charge in [0, 0.05) is 21.2 Å². The fourth-order valence-corrected chi connectivity index (χ4v) is 5.43. The summed E-state index contributed by atoms with van der Waals surface area (Å²) in [5.41, 5.74) is 4.36. The van der Waals surface area contributed by atoms with Gasteiger partial charge >= 0.3 is 5.97 Å². The van der Waals surface area contributed by atoms with Crippen molar-refractivity contribution in [2.45, 2.75) is 19.3 Å². The number of carboxylic acid groups (broad SMARTS) is 1. The summed E-state index contributed by atoms with van der Waals surface area (Å²) in [6.07, 6.45) is 0.673. The van der Waals surface area contributed by atoms with Crippen LogP contribution in [0.1, 0.15) is 38.7 Å². The highest BCUT2D eigenvalue weighted by atomic mass is 32.1. The molecule has 4 nitrogen and oxygen atoms in total. The van der Waals surface area contributed by atoms with Crippen molar-refractivity contribution in [3.8, 4) is 16.9 Å². The van der Waals surface area contributed by atoms with Crippen LogP contribution in [-0.2, 0) is 4.79 Å². The van der Waals surface area contributed by atoms with Crippen LogP contribution in [0.25, 0.3) is 21.2 Å². The Bertz CT molecular complexity index is 1330. The number of phenolic OH excluding ortho intramolecular Hbond substituents is 1. The standard InChI is InChI=1S/C26H20O4S/c1-14-4-2-3-5-18(14)24(28)25-23(19-11-10-17(27)12-22(19)31-25)16-8-6-15(7-9-16)20-13-21(20)26(29)30/h2-12,20-21,27H,13H2,1H3,(H,29,30). The number of carboxylic acids is 1. The van der Waals surface area contributed by atoms with E-state index in [-0.39, 0.29) is 23.4 Å². The molecule has 1 aromatic heterocycles. The molecule has 31 heavy (non-hydrogen) atoms. The molecule has 0 saturated heterocycles. The number of carbonyl (C=O) groups is 2. The van der Waals surface area contributed by atoms with Crippen molar-refractivity contribution in [2.75, 3.05) is 0 Å². The lowest BCUT2D eigenvalue weighted by Gasteiger charge is -2.08. The van der Waals surface area contributed by atoms with Gasteiger partial charge in [-0.05, 0) is 54.2 Å². The van der Waals surface area contributed by atoms with Gasteiger partial charge in [0.05, 0.1) is 10.8 Å². The first-order chi connectivity index (χ1) is 14.9. The van der Waals surface area contributed by atoms with E-state index >= 15 is 0 Å². The van der Waals surface area contributed by atoms with Crippen LogP contribution in [0.2, 0.25) is 0 Å². The Balaban J connectivity index is 1.62. The topological polar surface area (TPSA) is 74.6 Å². The van der Waals surface area contributed by atoms with Crippen molar-refractivity contribution in [3.05, 3.63) is 88.3 Å². The number of phenols is 1. The van der Waals surface area contributed by atoms with E-state index in [2.05, 4.69) is 0 Å². The minimum atomic E-state index is -0.746. The summed E-state index contributed by atoms with van der Waals surface area (Å²) in [7, 11) is 0. The van der Waals surface area contributed by atoms with E-state index in [4.69, 9.17) is 0 Å². The molecule has 0 spiro atoms. The van der Waals surface area contributed by atoms with Gasteiger partial charge in [-0.2, -0.15) is 0 Å². The Morgan fingerprint density at radius 3 is 2.42 bits per heavy atom. The van der Waals surface area contributed by atoms with E-state index in [9.17, 15) is 19.8 Å². The molecule has 154 valence electrons. The third-order valence-electron chi connectivity index (χ3n) is 6.00. The lowest BCUT2D eigenvalue weighted by Crippen LogP contribution is -2.03. The molecule has 5 heteroatoms. The molecule has 0 bridgehead atoms. The quantitative estimate of drug-likeness (QED) is 0.382. The molecule has 0 radical (unpaired) electrons. The van der Waals surface area contributed by atoms with Gasteiger partial charge in [-0.15, -0.1) is 11.3 Å². The summed E-state index contributed by atoms with van der Waals surface area (Å²) < 4.78 is 0.851. The first kappa shape index (κ1) is 19.5. The maximum atomic E-state index is 13.5. The second kappa shape index (κ2) is 7.36. The van der Waals surface area contributed by atoms with Crippen molar-refractivity contribution < 1.29 is 19.8 Å². The Hall–Kier alpha value is -3.44. The highest BCUT2D eigenvalue weighted by Gasteiger charge is 2.44. The molecule has 5 rings (SSSR count). The molecule has 2 atom stereocenters. The number of aromatic hydroxyl groups is 1. The average molecular weight is 429 g/mol. The van der Waals surface area contributed by atoms with E-state index in [0.29, 0.717) is 16.9 Å². The molecule has 2 unspecified atom stereocenters. The number of carbonyl (C=O) groups excluding carboxylic acids is 1. The van der Waals surface area contributed by atoms with E-state index < -0.39 is 5.97 Å². The SMILES string of the molecule is Cc1ccccc1C(=O)c1sc2cc(O)ccc2c1-c1ccc(C2CC2C(=O)O)cc1. The second-order valence-electron chi connectivity index (χ2n) is 8.04. The zero-order valence-electron chi connectivity index (χ0n) is 16.8. The van der Waals surface area contributed by atoms with Crippen LogP contribution in [-0.4, -0.2) is 22.0 Å². The largest absolute Gasteiger partial charge is 0.508 e. The predicted octanol–water partition coefficient (Wildman–Crippen LogP) is 6.00. The highest BCUT2D eigenvalue weighted by molar-refractivity contribution is 7.21. The highest BCUT2D eigenvalue weighted by Crippen LogP contribution is 2.48. The third-order valence-corrected chi connectivity index (χ3v) is 7.16. The lowest BCUT2D eigenvalue weighted by molar-refractivity contribution is -0.138. The molecule has 1 heterocycles. The third kappa shape index (κ3) is 3.41. The van der Waals surface area contributed by atoms with Gasteiger partial charge in [0.15, 0.2) is 0 Å². The minimum absolute atomic E-state index is 0.0361. The summed E-state index contributed by atoms with van der Waals surface area (Å²) in [6, 6.07) is 20.6. The minimum Gasteiger partial charge on any atom is -0.508 e. The number of ketones is 1. The van der Waals surface area contributed by atoms with Gasteiger partial charge in [0.1, 0.15) is 5.75 Å². The molecular weight excluding hydrogens is 408 g/mol. The Kier molecular flexibility index (Phi) is 4.63. The van der Waals surface area contributed by atoms with Crippen LogP contribution in [0.5, 0.6) is 5.75 Å². The summed E-state index contributed by atoms with van der Waals surface area (Å²) in [5.74, 6) is -0.849. The average Bonchev–Trinajstić information content (AvgIpc) is 3.48. The van der Waals surface area contributed by atoms with Crippen LogP contribution in [0.4, 0.5) is 0 Å². The zero-order valence-corrected chi connectivity index (χ0v) is 17.6. The molecule has 1 aliphatic rings. The van der Waals surface area contributed by atoms with E-state index in [1.165, 1.54) is 11.3 Å². The lowest BCUT2D eigenvalue weighted by atomic mass is 9.95. The van der Waals surface area contributed by atoms with E-state index in [1.54, 1.807) is 12.1 Å². The number of hydrogen-bond acceptors (Lipinski definition) is 4. The van der Waals surface area contributed by atoms with Crippen LogP contribution < -0.4 is 0 Å². The molecule has 4 aromatic rings. The van der Waals surface area contributed by atoms with Gasteiger partial charge in [0.25, 0.3) is 0 Å². The van der Waals surface area contributed by atoms with Gasteiger partial charge in [-0.25, -0.2) is 0 Å². The summed E-state index contributed by atoms with van der Waals surface area (Å²) in [5, 5.41) is 20.1. The molecular formula is C26H20O4S. The number of benzene rings is 3. The summed E-state index contributed by atoms with van der Waals surface area (Å²) >= 11 is 1.38. The van der Waals surface area contributed by atoms with Crippen LogP contribution >= 0.6 is 11.3 Å². The van der Waals surface area contributed by atoms with Gasteiger partial charge in [-0.1, -0.05) is 48.5 Å². The Morgan fingerprint density at radius 2 is 1.74 bits per heavy atom. The van der Waals surface area contributed by atoms with Crippen molar-refractivity contribution in [3.63, 3.8) is 0 Å². The number of fused-ring (bicyclic) bond motifs is 1. The number of aryl methyl sites for hydroxylation is 1. The van der Waals surface area contributed by atoms with Crippen molar-refractivity contribution >= 4 is 33.2 Å². The first-order valence-corrected chi connectivity index (χ1v) is 10.9. The number of hydrogen-bond donors (Lipinski definition) is 2. The summed E-state index contributed by atoms with van der Waals surface area (Å²) in [6.45, 7) is 1.93. The normalized spacial score (nSPS) is 17.6. The number of rotatable bonds is 5. The zero-order chi connectivity index (χ0) is 21.7. The Labute approximate surface area is 183 Å². The summed E-state index contributed by atoms with van der Waals surface area (Å²) in [4.78, 5) is 25.3. The molecule has 3 aromatic carbocycles. The number of thiophene rings is 1. The van der Waals surface area contributed by atoms with Gasteiger partial charge < -0.3 is 10.2 Å². The van der Waals surface area contributed by atoms with Gasteiger partial charge in [0.2, 0.25) is 5.78 Å². The van der Waals surface area contributed by atoms with Crippen LogP contribution in [0, 0.1) is 12.8 Å². The maximum absolute atomic E-state index is 13.5. The van der Waals surface area contributed by atoms with Crippen molar-refractivity contribution in [1.82, 2.24) is 0 Å². The van der Waals surface area contributed by atoms with Crippen LogP contribution in [0.3, 0.4) is 0 Å². The molecule has 1 saturated carbocycles. The number of aliphatic carboxylic acids is 1. The Morgan fingerprint density at radius 1 is 1.00 bits per heavy atom. The predicted molar refractivity (Wildman–Crippen MR) is 122 cm³/mol. The van der Waals surface area contributed by atoms with E-state index in [0.717, 1.165) is 32.3 Å². The fourth-order valence-electron chi connectivity index (χ4n) is 4.22. The maximum Gasteiger partial charge on any atom is 0.307 e. The molecule has 2 N–H and O–H groups in total. The first-order valence-electron chi connectivity index (χ1n) is 10.1. The van der Waals surface area contributed by atoms with Crippen molar-refractivity contribution in [1.29, 1.82) is 0 Å². The molecule has 1 fully saturated rings. The van der Waals surface area contributed by atoms with E-state index in [1.807, 2.05) is 61.5 Å². The molecule has 1 aliphatic carbocycles. The monoisotopic (exact) mass is 428 g/mol. The van der Waals surface area contributed by atoms with Crippen LogP contribution in [0.15, 0.2) is 66.7 Å². The molecule has 0 aliphatic heterocycles. The smallest absolute Gasteiger partial charge is 0.307 e. The van der Waals surface area contributed by atoms with Gasteiger partial charge in [-0.3, -0.25) is 9.59 Å². The fraction of sp³-hybridized carbons (Fsp3) is 0.154. The second-order valence-corrected chi connectivity index (χ2v) is 9.09. The molecule has 0 amide bonds. The van der Waals surface area contributed by atoms with Crippen molar-refractivity contribution in [2.24, 2.45) is 5.92 Å².